The van der Waals surface area contributed by atoms with Crippen LogP contribution in [0.15, 0.2) is 18.2 Å². The molecule has 1 aliphatic rings. The van der Waals surface area contributed by atoms with Gasteiger partial charge in [-0.05, 0) is 40.8 Å². The Labute approximate surface area is 128 Å². The summed E-state index contributed by atoms with van der Waals surface area (Å²) in [5.74, 6) is -2.38. The first kappa shape index (κ1) is 14.8. The number of carboxylic acids is 1. The average molecular weight is 389 g/mol. The van der Waals surface area contributed by atoms with Crippen LogP contribution < -0.4 is 4.90 Å². The molecule has 20 heavy (non-hydrogen) atoms. The van der Waals surface area contributed by atoms with Gasteiger partial charge in [-0.3, -0.25) is 9.59 Å². The predicted molar refractivity (Wildman–Crippen MR) is 78.6 cm³/mol. The number of anilines is 1. The summed E-state index contributed by atoms with van der Waals surface area (Å²) in [5.41, 5.74) is 0.366. The minimum Gasteiger partial charge on any atom is -0.478 e. The van der Waals surface area contributed by atoms with E-state index in [-0.39, 0.29) is 24.4 Å². The fourth-order valence-electron chi connectivity index (χ4n) is 2.17. The van der Waals surface area contributed by atoms with Crippen LogP contribution in [-0.2, 0) is 14.3 Å². The van der Waals surface area contributed by atoms with Gasteiger partial charge in [-0.25, -0.2) is 4.79 Å². The van der Waals surface area contributed by atoms with E-state index < -0.39 is 17.9 Å². The molecule has 7 heteroatoms. The lowest BCUT2D eigenvalue weighted by molar-refractivity contribution is -0.145. The standard InChI is InChI=1S/C13H12INO5/c1-20-13(19)7-4-11(16)15(6-7)10-5-8(14)2-3-9(10)12(17)18/h2-3,5,7H,4,6H2,1H3,(H,17,18). The van der Waals surface area contributed by atoms with Gasteiger partial charge in [-0.15, -0.1) is 0 Å². The number of aromatic carboxylic acids is 1. The molecule has 1 saturated heterocycles. The van der Waals surface area contributed by atoms with Gasteiger partial charge in [-0.1, -0.05) is 0 Å². The molecule has 1 heterocycles. The maximum absolute atomic E-state index is 12.0. The third kappa shape index (κ3) is 2.77. The van der Waals surface area contributed by atoms with Gasteiger partial charge in [0.15, 0.2) is 0 Å². The van der Waals surface area contributed by atoms with E-state index in [1.165, 1.54) is 18.1 Å². The third-order valence-electron chi connectivity index (χ3n) is 3.14. The Morgan fingerprint density at radius 2 is 2.15 bits per heavy atom. The first-order valence-electron chi connectivity index (χ1n) is 5.85. The van der Waals surface area contributed by atoms with E-state index in [0.29, 0.717) is 5.69 Å². The zero-order valence-electron chi connectivity index (χ0n) is 10.6. The molecule has 1 fully saturated rings. The Kier molecular flexibility index (Phi) is 4.26. The van der Waals surface area contributed by atoms with Gasteiger partial charge in [0.05, 0.1) is 24.3 Å². The summed E-state index contributed by atoms with van der Waals surface area (Å²) in [5, 5.41) is 9.19. The van der Waals surface area contributed by atoms with Crippen LogP contribution in [0.1, 0.15) is 16.8 Å². The van der Waals surface area contributed by atoms with E-state index in [1.807, 2.05) is 22.6 Å². The molecule has 1 aromatic rings. The number of carbonyl (C=O) groups excluding carboxylic acids is 2. The summed E-state index contributed by atoms with van der Waals surface area (Å²) >= 11 is 2.04. The Hall–Kier alpha value is -1.64. The number of hydrogen-bond acceptors (Lipinski definition) is 4. The van der Waals surface area contributed by atoms with Gasteiger partial charge in [0.1, 0.15) is 0 Å². The van der Waals surface area contributed by atoms with Gasteiger partial charge in [-0.2, -0.15) is 0 Å². The lowest BCUT2D eigenvalue weighted by Crippen LogP contribution is -2.28. The minimum absolute atomic E-state index is 0.0389. The number of ether oxygens (including phenoxy) is 1. The highest BCUT2D eigenvalue weighted by molar-refractivity contribution is 14.1. The molecule has 1 N–H and O–H groups in total. The Bertz CT molecular complexity index is 586. The molecule has 1 atom stereocenters. The lowest BCUT2D eigenvalue weighted by atomic mass is 10.1. The van der Waals surface area contributed by atoms with Crippen molar-refractivity contribution in [2.24, 2.45) is 5.92 Å². The molecule has 6 nitrogen and oxygen atoms in total. The van der Waals surface area contributed by atoms with Crippen molar-refractivity contribution in [1.82, 2.24) is 0 Å². The number of esters is 1. The van der Waals surface area contributed by atoms with Crippen LogP contribution in [-0.4, -0.2) is 36.6 Å². The smallest absolute Gasteiger partial charge is 0.337 e. The number of halogens is 1. The molecule has 2 rings (SSSR count). The fraction of sp³-hybridized carbons (Fsp3) is 0.308. The van der Waals surface area contributed by atoms with Gasteiger partial charge >= 0.3 is 11.9 Å². The summed E-state index contributed by atoms with van der Waals surface area (Å²) in [4.78, 5) is 36.1. The van der Waals surface area contributed by atoms with Crippen LogP contribution in [0.25, 0.3) is 0 Å². The number of benzene rings is 1. The molecule has 1 aromatic carbocycles. The monoisotopic (exact) mass is 389 g/mol. The number of carbonyl (C=O) groups is 3. The number of hydrogen-bond donors (Lipinski definition) is 1. The van der Waals surface area contributed by atoms with Crippen LogP contribution >= 0.6 is 22.6 Å². The quantitative estimate of drug-likeness (QED) is 0.626. The number of carboxylic acid groups (broad SMARTS) is 1. The van der Waals surface area contributed by atoms with Gasteiger partial charge < -0.3 is 14.7 Å². The van der Waals surface area contributed by atoms with E-state index in [9.17, 15) is 19.5 Å². The molecule has 1 amide bonds. The van der Waals surface area contributed by atoms with E-state index in [2.05, 4.69) is 4.74 Å². The molecular formula is C13H12INO5. The van der Waals surface area contributed by atoms with Crippen molar-refractivity contribution in [3.05, 3.63) is 27.3 Å². The largest absolute Gasteiger partial charge is 0.478 e. The van der Waals surface area contributed by atoms with Crippen molar-refractivity contribution in [2.75, 3.05) is 18.6 Å². The van der Waals surface area contributed by atoms with Gasteiger partial charge in [0.25, 0.3) is 0 Å². The van der Waals surface area contributed by atoms with Crippen LogP contribution in [0.3, 0.4) is 0 Å². The third-order valence-corrected chi connectivity index (χ3v) is 3.81. The Morgan fingerprint density at radius 3 is 2.75 bits per heavy atom. The molecule has 0 aromatic heterocycles. The zero-order chi connectivity index (χ0) is 14.9. The van der Waals surface area contributed by atoms with E-state index in [0.717, 1.165) is 3.57 Å². The highest BCUT2D eigenvalue weighted by Gasteiger charge is 2.37. The number of rotatable bonds is 3. The van der Waals surface area contributed by atoms with E-state index in [4.69, 9.17) is 0 Å². The Balaban J connectivity index is 2.37. The number of nitrogens with zero attached hydrogens (tertiary/aromatic N) is 1. The molecule has 0 bridgehead atoms. The normalized spacial score (nSPS) is 18.2. The number of methoxy groups -OCH3 is 1. The second kappa shape index (κ2) is 5.78. The summed E-state index contributed by atoms with van der Waals surface area (Å²) < 4.78 is 5.45. The summed E-state index contributed by atoms with van der Waals surface area (Å²) in [7, 11) is 1.27. The van der Waals surface area contributed by atoms with Crippen molar-refractivity contribution in [1.29, 1.82) is 0 Å². The van der Waals surface area contributed by atoms with Crippen LogP contribution in [0.4, 0.5) is 5.69 Å². The second-order valence-electron chi connectivity index (χ2n) is 4.40. The molecule has 0 spiro atoms. The van der Waals surface area contributed by atoms with Crippen molar-refractivity contribution >= 4 is 46.1 Å². The summed E-state index contributed by atoms with van der Waals surface area (Å²) in [6, 6.07) is 4.74. The van der Waals surface area contributed by atoms with Crippen LogP contribution in [0, 0.1) is 9.49 Å². The minimum atomic E-state index is -1.11. The molecular weight excluding hydrogens is 377 g/mol. The van der Waals surface area contributed by atoms with Gasteiger partial charge in [0.2, 0.25) is 5.91 Å². The zero-order valence-corrected chi connectivity index (χ0v) is 12.8. The molecule has 0 aliphatic carbocycles. The van der Waals surface area contributed by atoms with Crippen LogP contribution in [0.5, 0.6) is 0 Å². The highest BCUT2D eigenvalue weighted by Crippen LogP contribution is 2.30. The van der Waals surface area contributed by atoms with Crippen molar-refractivity contribution < 1.29 is 24.2 Å². The molecule has 1 aliphatic heterocycles. The number of amides is 1. The summed E-state index contributed by atoms with van der Waals surface area (Å²) in [6.07, 6.45) is 0.0389. The van der Waals surface area contributed by atoms with Crippen molar-refractivity contribution in [3.63, 3.8) is 0 Å². The van der Waals surface area contributed by atoms with Crippen LogP contribution in [0.2, 0.25) is 0 Å². The van der Waals surface area contributed by atoms with Crippen molar-refractivity contribution in [3.8, 4) is 0 Å². The first-order chi connectivity index (χ1) is 9.43. The lowest BCUT2D eigenvalue weighted by Gasteiger charge is -2.19. The maximum atomic E-state index is 12.0. The second-order valence-corrected chi connectivity index (χ2v) is 5.64. The summed E-state index contributed by atoms with van der Waals surface area (Å²) in [6.45, 7) is 0.145. The highest BCUT2D eigenvalue weighted by atomic mass is 127. The maximum Gasteiger partial charge on any atom is 0.337 e. The topological polar surface area (TPSA) is 83.9 Å². The molecule has 0 radical (unpaired) electrons. The first-order valence-corrected chi connectivity index (χ1v) is 6.93. The SMILES string of the molecule is COC(=O)C1CC(=O)N(c2cc(I)ccc2C(=O)O)C1. The van der Waals surface area contributed by atoms with E-state index in [1.54, 1.807) is 12.1 Å². The Morgan fingerprint density at radius 1 is 1.45 bits per heavy atom. The predicted octanol–water partition coefficient (Wildman–Crippen LogP) is 1.52. The molecule has 0 saturated carbocycles. The molecule has 1 unspecified atom stereocenters. The average Bonchev–Trinajstić information content (AvgIpc) is 2.79. The molecule has 106 valence electrons. The van der Waals surface area contributed by atoms with Gasteiger partial charge in [0, 0.05) is 16.5 Å². The fourth-order valence-corrected chi connectivity index (χ4v) is 2.65. The van der Waals surface area contributed by atoms with E-state index >= 15 is 0 Å². The van der Waals surface area contributed by atoms with Crippen molar-refractivity contribution in [2.45, 2.75) is 6.42 Å².